The third kappa shape index (κ3) is 5.03. The lowest BCUT2D eigenvalue weighted by atomic mass is 9.96. The Labute approximate surface area is 187 Å². The summed E-state index contributed by atoms with van der Waals surface area (Å²) >= 11 is 6.29. The molecule has 0 radical (unpaired) electrons. The number of nitrogens with zero attached hydrogens (tertiary/aromatic N) is 4. The summed E-state index contributed by atoms with van der Waals surface area (Å²) in [5.74, 6) is 0.544. The highest BCUT2D eigenvalue weighted by Crippen LogP contribution is 2.31. The number of hydrogen-bond donors (Lipinski definition) is 1. The lowest BCUT2D eigenvalue weighted by Gasteiger charge is -2.39. The number of halogens is 1. The average molecular weight is 436 g/mol. The van der Waals surface area contributed by atoms with E-state index >= 15 is 0 Å². The van der Waals surface area contributed by atoms with Crippen LogP contribution in [0.1, 0.15) is 34.6 Å². The highest BCUT2D eigenvalue weighted by molar-refractivity contribution is 6.30. The number of nitrogens with one attached hydrogen (secondary N) is 1. The molecule has 31 heavy (non-hydrogen) atoms. The van der Waals surface area contributed by atoms with Crippen molar-refractivity contribution in [2.45, 2.75) is 13.0 Å². The zero-order valence-corrected chi connectivity index (χ0v) is 18.3. The van der Waals surface area contributed by atoms with E-state index in [1.807, 2.05) is 36.1 Å². The van der Waals surface area contributed by atoms with Gasteiger partial charge in [-0.15, -0.1) is 0 Å². The van der Waals surface area contributed by atoms with Crippen LogP contribution in [0.4, 0.5) is 5.82 Å². The van der Waals surface area contributed by atoms with Gasteiger partial charge in [0.05, 0.1) is 18.4 Å². The fourth-order valence-corrected chi connectivity index (χ4v) is 4.21. The normalized spacial score (nSPS) is 15.5. The zero-order valence-electron chi connectivity index (χ0n) is 17.5. The van der Waals surface area contributed by atoms with Crippen molar-refractivity contribution in [3.05, 3.63) is 88.8 Å². The summed E-state index contributed by atoms with van der Waals surface area (Å²) in [5, 5.41) is 3.83. The first-order chi connectivity index (χ1) is 15.2. The van der Waals surface area contributed by atoms with Gasteiger partial charge in [-0.05, 0) is 30.2 Å². The Hall–Kier alpha value is -2.96. The average Bonchev–Trinajstić information content (AvgIpc) is 2.80. The largest absolute Gasteiger partial charge is 0.369 e. The molecule has 1 atom stereocenters. The molecule has 1 aliphatic rings. The number of benzene rings is 2. The van der Waals surface area contributed by atoms with Crippen LogP contribution >= 0.6 is 11.6 Å². The van der Waals surface area contributed by atoms with E-state index in [-0.39, 0.29) is 11.9 Å². The number of anilines is 1. The molecule has 7 heteroatoms. The van der Waals surface area contributed by atoms with Crippen LogP contribution in [-0.4, -0.2) is 58.4 Å². The number of hydrogen-bond acceptors (Lipinski definition) is 5. The molecule has 1 unspecified atom stereocenters. The summed E-state index contributed by atoms with van der Waals surface area (Å²) in [6.45, 7) is 5.51. The highest BCUT2D eigenvalue weighted by atomic mass is 35.5. The van der Waals surface area contributed by atoms with E-state index in [4.69, 9.17) is 11.6 Å². The van der Waals surface area contributed by atoms with E-state index in [1.54, 1.807) is 6.20 Å². The van der Waals surface area contributed by atoms with Crippen LogP contribution in [0.5, 0.6) is 0 Å². The summed E-state index contributed by atoms with van der Waals surface area (Å²) in [6, 6.07) is 18.5. The summed E-state index contributed by atoms with van der Waals surface area (Å²) in [6.07, 6.45) is 3.17. The lowest BCUT2D eigenvalue weighted by Crippen LogP contribution is -2.50. The van der Waals surface area contributed by atoms with Gasteiger partial charge in [-0.3, -0.25) is 14.7 Å². The molecule has 2 heterocycles. The molecule has 1 saturated heterocycles. The van der Waals surface area contributed by atoms with Gasteiger partial charge < -0.3 is 10.2 Å². The molecular weight excluding hydrogens is 410 g/mol. The first-order valence-electron chi connectivity index (χ1n) is 10.6. The highest BCUT2D eigenvalue weighted by Gasteiger charge is 2.29. The first kappa shape index (κ1) is 21.3. The maximum absolute atomic E-state index is 13.0. The SMILES string of the molecule is CCNc1cncc(C(=O)N2CCN(C(c3ccccc3)c3cccc(Cl)c3)CC2)n1. The van der Waals surface area contributed by atoms with Crippen LogP contribution in [0, 0.1) is 0 Å². The summed E-state index contributed by atoms with van der Waals surface area (Å²) < 4.78 is 0. The van der Waals surface area contributed by atoms with Gasteiger partial charge in [-0.1, -0.05) is 54.1 Å². The topological polar surface area (TPSA) is 61.4 Å². The van der Waals surface area contributed by atoms with Gasteiger partial charge in [0, 0.05) is 37.7 Å². The monoisotopic (exact) mass is 435 g/mol. The van der Waals surface area contributed by atoms with Crippen molar-refractivity contribution in [2.75, 3.05) is 38.0 Å². The summed E-state index contributed by atoms with van der Waals surface area (Å²) in [4.78, 5) is 25.8. The van der Waals surface area contributed by atoms with E-state index < -0.39 is 0 Å². The van der Waals surface area contributed by atoms with Gasteiger partial charge in [0.1, 0.15) is 11.5 Å². The second kappa shape index (κ2) is 9.90. The van der Waals surface area contributed by atoms with E-state index in [1.165, 1.54) is 11.8 Å². The molecule has 1 N–H and O–H groups in total. The maximum Gasteiger partial charge on any atom is 0.274 e. The van der Waals surface area contributed by atoms with Crippen molar-refractivity contribution in [2.24, 2.45) is 0 Å². The second-order valence-corrected chi connectivity index (χ2v) is 7.95. The first-order valence-corrected chi connectivity index (χ1v) is 10.9. The Balaban J connectivity index is 1.50. The van der Waals surface area contributed by atoms with Crippen LogP contribution in [0.2, 0.25) is 5.02 Å². The molecule has 1 aliphatic heterocycles. The van der Waals surface area contributed by atoms with Gasteiger partial charge in [0.15, 0.2) is 0 Å². The number of rotatable bonds is 6. The number of aromatic nitrogens is 2. The number of piperazine rings is 1. The molecule has 0 aliphatic carbocycles. The molecular formula is C24H26ClN5O. The number of carbonyl (C=O) groups excluding carboxylic acids is 1. The molecule has 1 amide bonds. The fraction of sp³-hybridized carbons (Fsp3) is 0.292. The Kier molecular flexibility index (Phi) is 6.79. The second-order valence-electron chi connectivity index (χ2n) is 7.52. The quantitative estimate of drug-likeness (QED) is 0.631. The van der Waals surface area contributed by atoms with E-state index in [9.17, 15) is 4.79 Å². The fourth-order valence-electron chi connectivity index (χ4n) is 4.01. The van der Waals surface area contributed by atoms with Crippen molar-refractivity contribution >= 4 is 23.3 Å². The molecule has 160 valence electrons. The molecule has 4 rings (SSSR count). The standard InChI is InChI=1S/C24H26ClN5O/c1-2-27-22-17-26-16-21(28-22)24(31)30-13-11-29(12-14-30)23(18-7-4-3-5-8-18)19-9-6-10-20(25)15-19/h3-10,15-17,23H,2,11-14H2,1H3,(H,27,28). The molecule has 0 saturated carbocycles. The molecule has 0 bridgehead atoms. The van der Waals surface area contributed by atoms with E-state index in [0.717, 1.165) is 30.2 Å². The predicted molar refractivity (Wildman–Crippen MR) is 123 cm³/mol. The van der Waals surface area contributed by atoms with Crippen LogP contribution < -0.4 is 5.32 Å². The smallest absolute Gasteiger partial charge is 0.274 e. The minimum atomic E-state index is -0.0779. The minimum absolute atomic E-state index is 0.0779. The van der Waals surface area contributed by atoms with Crippen LogP contribution in [-0.2, 0) is 0 Å². The summed E-state index contributed by atoms with van der Waals surface area (Å²) in [7, 11) is 0. The van der Waals surface area contributed by atoms with Gasteiger partial charge in [-0.2, -0.15) is 0 Å². The van der Waals surface area contributed by atoms with E-state index in [2.05, 4.69) is 50.5 Å². The zero-order chi connectivity index (χ0) is 21.6. The number of carbonyl (C=O) groups is 1. The molecule has 6 nitrogen and oxygen atoms in total. The molecule has 2 aromatic carbocycles. The van der Waals surface area contributed by atoms with Crippen molar-refractivity contribution in [1.82, 2.24) is 19.8 Å². The Morgan fingerprint density at radius 2 is 1.77 bits per heavy atom. The molecule has 0 spiro atoms. The Bertz CT molecular complexity index is 1020. The Morgan fingerprint density at radius 3 is 2.48 bits per heavy atom. The predicted octanol–water partition coefficient (Wildman–Crippen LogP) is 4.11. The van der Waals surface area contributed by atoms with Crippen molar-refractivity contribution in [3.63, 3.8) is 0 Å². The van der Waals surface area contributed by atoms with Crippen LogP contribution in [0.25, 0.3) is 0 Å². The van der Waals surface area contributed by atoms with Gasteiger partial charge >= 0.3 is 0 Å². The number of amides is 1. The van der Waals surface area contributed by atoms with Gasteiger partial charge in [-0.25, -0.2) is 4.98 Å². The third-order valence-corrected chi connectivity index (χ3v) is 5.69. The molecule has 1 fully saturated rings. The van der Waals surface area contributed by atoms with Gasteiger partial charge in [0.2, 0.25) is 0 Å². The van der Waals surface area contributed by atoms with Gasteiger partial charge in [0.25, 0.3) is 5.91 Å². The maximum atomic E-state index is 13.0. The van der Waals surface area contributed by atoms with Crippen LogP contribution in [0.3, 0.4) is 0 Å². The lowest BCUT2D eigenvalue weighted by molar-refractivity contribution is 0.0591. The van der Waals surface area contributed by atoms with Crippen molar-refractivity contribution in [3.8, 4) is 0 Å². The minimum Gasteiger partial charge on any atom is -0.369 e. The van der Waals surface area contributed by atoms with Crippen LogP contribution in [0.15, 0.2) is 67.0 Å². The summed E-state index contributed by atoms with van der Waals surface area (Å²) in [5.41, 5.74) is 2.75. The van der Waals surface area contributed by atoms with Crippen molar-refractivity contribution in [1.29, 1.82) is 0 Å². The molecule has 3 aromatic rings. The van der Waals surface area contributed by atoms with Crippen molar-refractivity contribution < 1.29 is 4.79 Å². The molecule has 1 aromatic heterocycles. The Morgan fingerprint density at radius 1 is 1.03 bits per heavy atom. The third-order valence-electron chi connectivity index (χ3n) is 5.46. The van der Waals surface area contributed by atoms with E-state index in [0.29, 0.717) is 24.6 Å².